The van der Waals surface area contributed by atoms with Gasteiger partial charge in [0.05, 0.1) is 11.7 Å². The van der Waals surface area contributed by atoms with Crippen LogP contribution in [0.5, 0.6) is 0 Å². The summed E-state index contributed by atoms with van der Waals surface area (Å²) in [6.45, 7) is 1.83. The second-order valence-corrected chi connectivity index (χ2v) is 4.50. The Hall–Kier alpha value is -1.66. The lowest BCUT2D eigenvalue weighted by molar-refractivity contribution is 0.0409. The number of hydrogen-bond donors (Lipinski definition) is 1. The summed E-state index contributed by atoms with van der Waals surface area (Å²) in [6, 6.07) is 3.59. The molecule has 0 bridgehead atoms. The van der Waals surface area contributed by atoms with Gasteiger partial charge in [-0.3, -0.25) is 0 Å². The summed E-state index contributed by atoms with van der Waals surface area (Å²) in [4.78, 5) is 4.41. The third kappa shape index (κ3) is 1.83. The van der Waals surface area contributed by atoms with E-state index < -0.39 is 0 Å². The summed E-state index contributed by atoms with van der Waals surface area (Å²) >= 11 is 0. The van der Waals surface area contributed by atoms with Crippen molar-refractivity contribution in [2.24, 2.45) is 5.73 Å². The molecular formula is C12H15N3O3. The second kappa shape index (κ2) is 4.55. The van der Waals surface area contributed by atoms with Crippen LogP contribution in [0.1, 0.15) is 18.7 Å². The Labute approximate surface area is 104 Å². The average Bonchev–Trinajstić information content (AvgIpc) is 3.10. The van der Waals surface area contributed by atoms with E-state index in [0.717, 1.165) is 12.8 Å². The lowest BCUT2D eigenvalue weighted by Crippen LogP contribution is -2.40. The first-order valence-corrected chi connectivity index (χ1v) is 6.00. The molecule has 1 aliphatic heterocycles. The van der Waals surface area contributed by atoms with Crippen LogP contribution in [0.2, 0.25) is 0 Å². The molecule has 6 heteroatoms. The number of aromatic nitrogens is 2. The number of hydrogen-bond acceptors (Lipinski definition) is 6. The van der Waals surface area contributed by atoms with Gasteiger partial charge < -0.3 is 19.4 Å². The molecule has 0 radical (unpaired) electrons. The van der Waals surface area contributed by atoms with Gasteiger partial charge in [-0.15, -0.1) is 0 Å². The fourth-order valence-corrected chi connectivity index (χ4v) is 2.21. The van der Waals surface area contributed by atoms with Crippen LogP contribution >= 0.6 is 0 Å². The van der Waals surface area contributed by atoms with Crippen molar-refractivity contribution < 1.29 is 13.7 Å². The van der Waals surface area contributed by atoms with E-state index in [1.807, 2.05) is 0 Å². The van der Waals surface area contributed by atoms with Gasteiger partial charge in [0.15, 0.2) is 5.76 Å². The molecule has 0 spiro atoms. The Bertz CT molecular complexity index is 500. The van der Waals surface area contributed by atoms with Crippen LogP contribution in [-0.2, 0) is 10.2 Å². The van der Waals surface area contributed by atoms with E-state index in [-0.39, 0.29) is 5.41 Å². The SMILES string of the molecule is NCC1(c2nc(-c3ccco3)no2)CCOCC1. The van der Waals surface area contributed by atoms with Gasteiger partial charge in [0.2, 0.25) is 11.7 Å². The lowest BCUT2D eigenvalue weighted by Gasteiger charge is -2.32. The average molecular weight is 249 g/mol. The van der Waals surface area contributed by atoms with Crippen LogP contribution in [0.4, 0.5) is 0 Å². The van der Waals surface area contributed by atoms with E-state index in [0.29, 0.717) is 37.2 Å². The fraction of sp³-hybridized carbons (Fsp3) is 0.500. The van der Waals surface area contributed by atoms with Crippen molar-refractivity contribution in [2.75, 3.05) is 19.8 Å². The number of nitrogens with zero attached hydrogens (tertiary/aromatic N) is 2. The zero-order valence-corrected chi connectivity index (χ0v) is 9.96. The van der Waals surface area contributed by atoms with Crippen molar-refractivity contribution in [3.8, 4) is 11.6 Å². The van der Waals surface area contributed by atoms with Crippen molar-refractivity contribution in [1.29, 1.82) is 0 Å². The van der Waals surface area contributed by atoms with Crippen LogP contribution < -0.4 is 5.73 Å². The fourth-order valence-electron chi connectivity index (χ4n) is 2.21. The zero-order chi connectivity index (χ0) is 12.4. The molecule has 0 amide bonds. The van der Waals surface area contributed by atoms with E-state index in [2.05, 4.69) is 10.1 Å². The van der Waals surface area contributed by atoms with Gasteiger partial charge in [-0.1, -0.05) is 5.16 Å². The molecule has 2 N–H and O–H groups in total. The quantitative estimate of drug-likeness (QED) is 0.883. The molecular weight excluding hydrogens is 234 g/mol. The molecule has 1 fully saturated rings. The predicted octanol–water partition coefficient (Wildman–Crippen LogP) is 1.34. The number of ether oxygens (including phenoxy) is 1. The maximum Gasteiger partial charge on any atom is 0.238 e. The Kier molecular flexibility index (Phi) is 2.89. The third-order valence-corrected chi connectivity index (χ3v) is 3.46. The molecule has 1 aliphatic rings. The first kappa shape index (κ1) is 11.4. The Morgan fingerprint density at radius 2 is 2.17 bits per heavy atom. The third-order valence-electron chi connectivity index (χ3n) is 3.46. The van der Waals surface area contributed by atoms with Crippen LogP contribution in [0.25, 0.3) is 11.6 Å². The number of nitrogens with two attached hydrogens (primary N) is 1. The minimum absolute atomic E-state index is 0.254. The van der Waals surface area contributed by atoms with Crippen molar-refractivity contribution in [2.45, 2.75) is 18.3 Å². The van der Waals surface area contributed by atoms with Crippen molar-refractivity contribution in [1.82, 2.24) is 10.1 Å². The number of rotatable bonds is 3. The highest BCUT2D eigenvalue weighted by Gasteiger charge is 2.38. The van der Waals surface area contributed by atoms with E-state index in [9.17, 15) is 0 Å². The zero-order valence-electron chi connectivity index (χ0n) is 9.96. The molecule has 0 atom stereocenters. The first-order chi connectivity index (χ1) is 8.84. The topological polar surface area (TPSA) is 87.3 Å². The van der Waals surface area contributed by atoms with Crippen LogP contribution in [0, 0.1) is 0 Å². The van der Waals surface area contributed by atoms with Crippen molar-refractivity contribution >= 4 is 0 Å². The monoisotopic (exact) mass is 249 g/mol. The normalized spacial score (nSPS) is 18.9. The van der Waals surface area contributed by atoms with E-state index >= 15 is 0 Å². The minimum atomic E-state index is -0.254. The van der Waals surface area contributed by atoms with Gasteiger partial charge >= 0.3 is 0 Å². The van der Waals surface area contributed by atoms with Gasteiger partial charge in [-0.2, -0.15) is 4.98 Å². The Balaban J connectivity index is 1.92. The summed E-state index contributed by atoms with van der Waals surface area (Å²) in [6.07, 6.45) is 3.20. The molecule has 2 aromatic rings. The first-order valence-electron chi connectivity index (χ1n) is 6.00. The van der Waals surface area contributed by atoms with Gasteiger partial charge in [-0.25, -0.2) is 0 Å². The highest BCUT2D eigenvalue weighted by atomic mass is 16.5. The molecule has 0 unspecified atom stereocenters. The molecule has 3 heterocycles. The molecule has 2 aromatic heterocycles. The Morgan fingerprint density at radius 3 is 2.83 bits per heavy atom. The van der Waals surface area contributed by atoms with Crippen LogP contribution in [0.3, 0.4) is 0 Å². The maximum atomic E-state index is 5.89. The highest BCUT2D eigenvalue weighted by molar-refractivity contribution is 5.45. The second-order valence-electron chi connectivity index (χ2n) is 4.50. The van der Waals surface area contributed by atoms with Gasteiger partial charge in [0.1, 0.15) is 0 Å². The summed E-state index contributed by atoms with van der Waals surface area (Å²) in [7, 11) is 0. The lowest BCUT2D eigenvalue weighted by atomic mass is 9.80. The largest absolute Gasteiger partial charge is 0.461 e. The molecule has 18 heavy (non-hydrogen) atoms. The van der Waals surface area contributed by atoms with Crippen molar-refractivity contribution in [3.63, 3.8) is 0 Å². The number of furan rings is 1. The molecule has 6 nitrogen and oxygen atoms in total. The van der Waals surface area contributed by atoms with E-state index in [1.165, 1.54) is 0 Å². The molecule has 0 aliphatic carbocycles. The summed E-state index contributed by atoms with van der Waals surface area (Å²) < 4.78 is 16.0. The predicted molar refractivity (Wildman–Crippen MR) is 62.8 cm³/mol. The van der Waals surface area contributed by atoms with E-state index in [4.69, 9.17) is 19.4 Å². The molecule has 1 saturated heterocycles. The summed E-state index contributed by atoms with van der Waals surface area (Å²) in [5.41, 5.74) is 5.64. The molecule has 0 saturated carbocycles. The van der Waals surface area contributed by atoms with E-state index in [1.54, 1.807) is 18.4 Å². The van der Waals surface area contributed by atoms with Crippen LogP contribution in [0.15, 0.2) is 27.3 Å². The Morgan fingerprint density at radius 1 is 1.33 bits per heavy atom. The van der Waals surface area contributed by atoms with Gasteiger partial charge in [0, 0.05) is 19.8 Å². The summed E-state index contributed by atoms with van der Waals surface area (Å²) in [5, 5.41) is 3.95. The standard InChI is InChI=1S/C12H15N3O3/c13-8-12(3-6-16-7-4-12)11-14-10(15-18-11)9-2-1-5-17-9/h1-2,5H,3-4,6-8,13H2. The van der Waals surface area contributed by atoms with Crippen molar-refractivity contribution in [3.05, 3.63) is 24.3 Å². The van der Waals surface area contributed by atoms with Gasteiger partial charge in [-0.05, 0) is 25.0 Å². The smallest absolute Gasteiger partial charge is 0.238 e. The maximum absolute atomic E-state index is 5.89. The molecule has 0 aromatic carbocycles. The molecule has 3 rings (SSSR count). The van der Waals surface area contributed by atoms with Gasteiger partial charge in [0.25, 0.3) is 0 Å². The summed E-state index contributed by atoms with van der Waals surface area (Å²) in [5.74, 6) is 1.65. The van der Waals surface area contributed by atoms with Crippen LogP contribution in [-0.4, -0.2) is 29.9 Å². The molecule has 96 valence electrons. The minimum Gasteiger partial charge on any atom is -0.461 e. The highest BCUT2D eigenvalue weighted by Crippen LogP contribution is 2.33.